The van der Waals surface area contributed by atoms with Crippen molar-refractivity contribution in [2.24, 2.45) is 0 Å². The van der Waals surface area contributed by atoms with Gasteiger partial charge in [0.2, 0.25) is 0 Å². The molecule has 1 N–H and O–H groups in total. The highest BCUT2D eigenvalue weighted by Gasteiger charge is 2.05. The number of aryl methyl sites for hydroxylation is 1. The Labute approximate surface area is 77.1 Å². The Morgan fingerprint density at radius 2 is 1.92 bits per heavy atom. The zero-order valence-corrected chi connectivity index (χ0v) is 7.38. The van der Waals surface area contributed by atoms with Crippen LogP contribution < -0.4 is 0 Å². The molecule has 13 heavy (non-hydrogen) atoms. The zero-order valence-electron chi connectivity index (χ0n) is 7.38. The summed E-state index contributed by atoms with van der Waals surface area (Å²) in [6.45, 7) is 0. The molecule has 2 aromatic rings. The molecule has 0 fully saturated rings. The third kappa shape index (κ3) is 1.00. The average Bonchev–Trinajstić information content (AvgIpc) is 2.61. The first-order valence-electron chi connectivity index (χ1n) is 4.69. The Balaban J connectivity index is 2.36. The van der Waals surface area contributed by atoms with Gasteiger partial charge in [-0.15, -0.1) is 0 Å². The predicted molar refractivity (Wildman–Crippen MR) is 55.7 cm³/mol. The van der Waals surface area contributed by atoms with Crippen LogP contribution in [0.5, 0.6) is 0 Å². The first kappa shape index (κ1) is 6.96. The van der Waals surface area contributed by atoms with E-state index in [4.69, 9.17) is 0 Å². The van der Waals surface area contributed by atoms with Crippen molar-refractivity contribution in [3.63, 3.8) is 0 Å². The van der Waals surface area contributed by atoms with Crippen LogP contribution in [-0.2, 0) is 6.42 Å². The molecule has 1 aromatic carbocycles. The fourth-order valence-electron chi connectivity index (χ4n) is 1.99. The summed E-state index contributed by atoms with van der Waals surface area (Å²) in [5.41, 5.74) is 2.87. The fraction of sp³-hybridized carbons (Fsp3) is 0.167. The van der Waals surface area contributed by atoms with Gasteiger partial charge >= 0.3 is 0 Å². The monoisotopic (exact) mass is 169 g/mol. The van der Waals surface area contributed by atoms with Crippen molar-refractivity contribution in [2.75, 3.05) is 0 Å². The van der Waals surface area contributed by atoms with Gasteiger partial charge in [-0.1, -0.05) is 12.2 Å². The maximum atomic E-state index is 3.14. The Morgan fingerprint density at radius 3 is 2.85 bits per heavy atom. The molecule has 1 aromatic heterocycles. The highest BCUT2D eigenvalue weighted by Crippen LogP contribution is 2.24. The van der Waals surface area contributed by atoms with Gasteiger partial charge in [0.05, 0.1) is 0 Å². The summed E-state index contributed by atoms with van der Waals surface area (Å²) < 4.78 is 0. The number of H-pyrrole nitrogens is 1. The van der Waals surface area contributed by atoms with Crippen LogP contribution in [0.25, 0.3) is 16.8 Å². The van der Waals surface area contributed by atoms with Gasteiger partial charge in [0, 0.05) is 12.4 Å². The van der Waals surface area contributed by atoms with Gasteiger partial charge < -0.3 is 4.98 Å². The fourth-order valence-corrected chi connectivity index (χ4v) is 1.99. The van der Waals surface area contributed by atoms with Gasteiger partial charge in [-0.25, -0.2) is 0 Å². The number of hydrogen-bond donors (Lipinski definition) is 1. The molecule has 0 aliphatic heterocycles. The molecular formula is C12H11N. The minimum atomic E-state index is 1.18. The Morgan fingerprint density at radius 1 is 1.08 bits per heavy atom. The van der Waals surface area contributed by atoms with Crippen molar-refractivity contribution in [3.05, 3.63) is 41.7 Å². The summed E-state index contributed by atoms with van der Waals surface area (Å²) in [7, 11) is 0. The second-order valence-electron chi connectivity index (χ2n) is 3.58. The second kappa shape index (κ2) is 2.49. The second-order valence-corrected chi connectivity index (χ2v) is 3.58. The van der Waals surface area contributed by atoms with E-state index in [2.05, 4.69) is 41.7 Å². The van der Waals surface area contributed by atoms with Gasteiger partial charge in [-0.3, -0.25) is 0 Å². The molecule has 0 spiro atoms. The molecule has 64 valence electrons. The van der Waals surface area contributed by atoms with Gasteiger partial charge in [-0.2, -0.15) is 0 Å². The SMILES string of the molecule is C1=Cc2cc3c[nH]cc3cc2CC1. The molecule has 1 aliphatic rings. The van der Waals surface area contributed by atoms with Crippen molar-refractivity contribution in [2.45, 2.75) is 12.8 Å². The minimum absolute atomic E-state index is 1.18. The summed E-state index contributed by atoms with van der Waals surface area (Å²) in [6, 6.07) is 4.56. The quantitative estimate of drug-likeness (QED) is 0.623. The highest BCUT2D eigenvalue weighted by atomic mass is 14.6. The molecule has 1 heteroatoms. The summed E-state index contributed by atoms with van der Waals surface area (Å²) >= 11 is 0. The van der Waals surface area contributed by atoms with E-state index in [-0.39, 0.29) is 0 Å². The number of aromatic amines is 1. The Hall–Kier alpha value is -1.50. The number of nitrogens with one attached hydrogen (secondary N) is 1. The molecule has 0 unspecified atom stereocenters. The molecule has 0 atom stereocenters. The van der Waals surface area contributed by atoms with E-state index in [1.54, 1.807) is 0 Å². The van der Waals surface area contributed by atoms with E-state index >= 15 is 0 Å². The third-order valence-corrected chi connectivity index (χ3v) is 2.70. The van der Waals surface area contributed by atoms with E-state index in [1.807, 2.05) is 0 Å². The highest BCUT2D eigenvalue weighted by molar-refractivity contribution is 5.86. The molecule has 0 amide bonds. The van der Waals surface area contributed by atoms with Crippen LogP contribution in [0.15, 0.2) is 30.6 Å². The summed E-state index contributed by atoms with van der Waals surface area (Å²) in [5.74, 6) is 0. The molecule has 1 aliphatic carbocycles. The van der Waals surface area contributed by atoms with E-state index < -0.39 is 0 Å². The largest absolute Gasteiger partial charge is 0.366 e. The molecule has 0 radical (unpaired) electrons. The van der Waals surface area contributed by atoms with Crippen LogP contribution in [0, 0.1) is 0 Å². The number of hydrogen-bond acceptors (Lipinski definition) is 0. The van der Waals surface area contributed by atoms with Gasteiger partial charge in [0.15, 0.2) is 0 Å². The van der Waals surface area contributed by atoms with E-state index in [1.165, 1.54) is 34.7 Å². The lowest BCUT2D eigenvalue weighted by Crippen LogP contribution is -1.92. The zero-order chi connectivity index (χ0) is 8.67. The lowest BCUT2D eigenvalue weighted by atomic mass is 9.95. The summed E-state index contributed by atoms with van der Waals surface area (Å²) in [4.78, 5) is 3.14. The molecular weight excluding hydrogens is 158 g/mol. The van der Waals surface area contributed by atoms with Crippen LogP contribution >= 0.6 is 0 Å². The van der Waals surface area contributed by atoms with Gasteiger partial charge in [0.1, 0.15) is 0 Å². The van der Waals surface area contributed by atoms with Gasteiger partial charge in [-0.05, 0) is 46.9 Å². The smallest absolute Gasteiger partial charge is 0.00845 e. The third-order valence-electron chi connectivity index (χ3n) is 2.70. The van der Waals surface area contributed by atoms with Crippen molar-refractivity contribution >= 4 is 16.8 Å². The average molecular weight is 169 g/mol. The van der Waals surface area contributed by atoms with Crippen molar-refractivity contribution < 1.29 is 0 Å². The maximum Gasteiger partial charge on any atom is 0.00845 e. The number of fused-ring (bicyclic) bond motifs is 2. The van der Waals surface area contributed by atoms with Crippen molar-refractivity contribution in [1.29, 1.82) is 0 Å². The van der Waals surface area contributed by atoms with Crippen molar-refractivity contribution in [1.82, 2.24) is 4.98 Å². The van der Waals surface area contributed by atoms with Crippen LogP contribution in [0.2, 0.25) is 0 Å². The lowest BCUT2D eigenvalue weighted by molar-refractivity contribution is 0.989. The topological polar surface area (TPSA) is 15.8 Å². The first-order valence-corrected chi connectivity index (χ1v) is 4.69. The molecule has 3 rings (SSSR count). The molecule has 0 saturated heterocycles. The standard InChI is InChI=1S/C12H11N/c1-2-4-10-6-12-8-13-7-11(12)5-9(10)3-1/h1,3,5-8,13H,2,4H2. The van der Waals surface area contributed by atoms with Crippen LogP contribution in [0.1, 0.15) is 17.5 Å². The molecule has 0 bridgehead atoms. The van der Waals surface area contributed by atoms with Crippen LogP contribution in [-0.4, -0.2) is 4.98 Å². The normalized spacial score (nSPS) is 14.8. The number of benzene rings is 1. The number of aromatic nitrogens is 1. The predicted octanol–water partition coefficient (Wildman–Crippen LogP) is 3.13. The number of allylic oxidation sites excluding steroid dienone is 1. The van der Waals surface area contributed by atoms with Crippen molar-refractivity contribution in [3.8, 4) is 0 Å². The number of rotatable bonds is 0. The van der Waals surface area contributed by atoms with Crippen LogP contribution in [0.3, 0.4) is 0 Å². The van der Waals surface area contributed by atoms with E-state index in [0.29, 0.717) is 0 Å². The van der Waals surface area contributed by atoms with Crippen LogP contribution in [0.4, 0.5) is 0 Å². The first-order chi connectivity index (χ1) is 6.43. The minimum Gasteiger partial charge on any atom is -0.366 e. The van der Waals surface area contributed by atoms with Gasteiger partial charge in [0.25, 0.3) is 0 Å². The summed E-state index contributed by atoms with van der Waals surface area (Å²) in [6.07, 6.45) is 11.0. The lowest BCUT2D eigenvalue weighted by Gasteiger charge is -2.09. The molecule has 1 nitrogen and oxygen atoms in total. The molecule has 0 saturated carbocycles. The van der Waals surface area contributed by atoms with E-state index in [0.717, 1.165) is 0 Å². The van der Waals surface area contributed by atoms with E-state index in [9.17, 15) is 0 Å². The maximum absolute atomic E-state index is 3.14. The molecule has 1 heterocycles. The Bertz CT molecular complexity index is 477. The summed E-state index contributed by atoms with van der Waals surface area (Å²) in [5, 5.41) is 2.64. The Kier molecular flexibility index (Phi) is 1.33.